The Morgan fingerprint density at radius 1 is 1.41 bits per heavy atom. The van der Waals surface area contributed by atoms with Crippen LogP contribution >= 0.6 is 11.8 Å². The van der Waals surface area contributed by atoms with E-state index in [-0.39, 0.29) is 5.56 Å². The third kappa shape index (κ3) is 2.66. The lowest BCUT2D eigenvalue weighted by Crippen LogP contribution is -2.03. The molecule has 0 aliphatic carbocycles. The van der Waals surface area contributed by atoms with Crippen LogP contribution in [0.25, 0.3) is 0 Å². The molecular formula is C12H14O4S. The van der Waals surface area contributed by atoms with Crippen molar-refractivity contribution in [1.29, 1.82) is 0 Å². The fourth-order valence-electron chi connectivity index (χ4n) is 1.66. The number of fused-ring (bicyclic) bond motifs is 1. The first-order valence-electron chi connectivity index (χ1n) is 5.52. The molecule has 0 radical (unpaired) electrons. The molecule has 2 rings (SSSR count). The van der Waals surface area contributed by atoms with Gasteiger partial charge in [-0.2, -0.15) is 0 Å². The number of thioether (sulfide) groups is 1. The zero-order valence-corrected chi connectivity index (χ0v) is 10.4. The van der Waals surface area contributed by atoms with Crippen LogP contribution in [0.5, 0.6) is 11.5 Å². The largest absolute Gasteiger partial charge is 0.489 e. The van der Waals surface area contributed by atoms with E-state index in [4.69, 9.17) is 9.47 Å². The van der Waals surface area contributed by atoms with E-state index in [9.17, 15) is 9.90 Å². The minimum atomic E-state index is -0.981. The first kappa shape index (κ1) is 12.1. The van der Waals surface area contributed by atoms with Gasteiger partial charge in [0.25, 0.3) is 0 Å². The first-order chi connectivity index (χ1) is 8.22. The number of benzene rings is 1. The standard InChI is InChI=1S/C12H14O4S/c1-2-17-8-6-9(12(13)14)11-10(7-8)15-4-3-5-16-11/h6-7H,2-5H2,1H3,(H,13,14). The predicted octanol–water partition coefficient (Wildman–Crippen LogP) is 2.66. The molecule has 5 heteroatoms. The van der Waals surface area contributed by atoms with Gasteiger partial charge in [-0.25, -0.2) is 4.79 Å². The van der Waals surface area contributed by atoms with Gasteiger partial charge in [-0.15, -0.1) is 11.8 Å². The third-order valence-corrected chi connectivity index (χ3v) is 3.22. The Kier molecular flexibility index (Phi) is 3.78. The molecule has 4 nitrogen and oxygen atoms in total. The maximum atomic E-state index is 11.2. The number of carbonyl (C=O) groups is 1. The normalized spacial score (nSPS) is 14.2. The Hall–Kier alpha value is -1.36. The zero-order chi connectivity index (χ0) is 12.3. The smallest absolute Gasteiger partial charge is 0.339 e. The summed E-state index contributed by atoms with van der Waals surface area (Å²) in [6, 6.07) is 3.49. The molecule has 0 amide bonds. The van der Waals surface area contributed by atoms with Crippen LogP contribution in [0.3, 0.4) is 0 Å². The van der Waals surface area contributed by atoms with Gasteiger partial charge in [-0.1, -0.05) is 6.92 Å². The first-order valence-corrected chi connectivity index (χ1v) is 6.50. The van der Waals surface area contributed by atoms with Gasteiger partial charge in [0.15, 0.2) is 11.5 Å². The fraction of sp³-hybridized carbons (Fsp3) is 0.417. The molecule has 1 N–H and O–H groups in total. The number of rotatable bonds is 3. The van der Waals surface area contributed by atoms with Crippen LogP contribution in [-0.4, -0.2) is 30.0 Å². The number of hydrogen-bond acceptors (Lipinski definition) is 4. The van der Waals surface area contributed by atoms with Crippen LogP contribution in [0.2, 0.25) is 0 Å². The van der Waals surface area contributed by atoms with Crippen LogP contribution < -0.4 is 9.47 Å². The van der Waals surface area contributed by atoms with E-state index in [1.807, 2.05) is 13.0 Å². The SMILES string of the molecule is CCSc1cc2c(c(C(=O)O)c1)OCCCO2. The van der Waals surface area contributed by atoms with Crippen molar-refractivity contribution < 1.29 is 19.4 Å². The molecule has 1 aromatic carbocycles. The quantitative estimate of drug-likeness (QED) is 0.840. The lowest BCUT2D eigenvalue weighted by atomic mass is 10.2. The molecule has 0 spiro atoms. The summed E-state index contributed by atoms with van der Waals surface area (Å²) in [6.45, 7) is 3.08. The summed E-state index contributed by atoms with van der Waals surface area (Å²) < 4.78 is 11.0. The van der Waals surface area contributed by atoms with Gasteiger partial charge in [0.1, 0.15) is 5.56 Å². The van der Waals surface area contributed by atoms with Gasteiger partial charge in [-0.3, -0.25) is 0 Å². The Labute approximate surface area is 104 Å². The highest BCUT2D eigenvalue weighted by Crippen LogP contribution is 2.37. The molecular weight excluding hydrogens is 240 g/mol. The second kappa shape index (κ2) is 5.31. The van der Waals surface area contributed by atoms with E-state index < -0.39 is 5.97 Å². The molecule has 0 unspecified atom stereocenters. The van der Waals surface area contributed by atoms with Crippen molar-refractivity contribution >= 4 is 17.7 Å². The molecule has 1 aliphatic rings. The van der Waals surface area contributed by atoms with Crippen LogP contribution in [0.4, 0.5) is 0 Å². The summed E-state index contributed by atoms with van der Waals surface area (Å²) in [5.41, 5.74) is 0.181. The average molecular weight is 254 g/mol. The Morgan fingerprint density at radius 3 is 2.88 bits per heavy atom. The van der Waals surface area contributed by atoms with Crippen LogP contribution in [0, 0.1) is 0 Å². The summed E-state index contributed by atoms with van der Waals surface area (Å²) in [6.07, 6.45) is 0.768. The lowest BCUT2D eigenvalue weighted by molar-refractivity contribution is 0.0692. The average Bonchev–Trinajstić information content (AvgIpc) is 2.53. The van der Waals surface area contributed by atoms with E-state index in [0.29, 0.717) is 24.7 Å². The van der Waals surface area contributed by atoms with Gasteiger partial charge in [0.05, 0.1) is 13.2 Å². The molecule has 0 bridgehead atoms. The molecule has 1 aromatic rings. The number of hydrogen-bond donors (Lipinski definition) is 1. The maximum absolute atomic E-state index is 11.2. The van der Waals surface area contributed by atoms with Crippen molar-refractivity contribution in [2.75, 3.05) is 19.0 Å². The molecule has 0 saturated heterocycles. The van der Waals surface area contributed by atoms with Crippen molar-refractivity contribution in [3.05, 3.63) is 17.7 Å². The Balaban J connectivity index is 2.47. The molecule has 1 aliphatic heterocycles. The number of aromatic carboxylic acids is 1. The van der Waals surface area contributed by atoms with Gasteiger partial charge >= 0.3 is 5.97 Å². The van der Waals surface area contributed by atoms with E-state index in [1.165, 1.54) is 0 Å². The van der Waals surface area contributed by atoms with E-state index in [0.717, 1.165) is 17.1 Å². The molecule has 0 atom stereocenters. The van der Waals surface area contributed by atoms with Crippen molar-refractivity contribution in [3.8, 4) is 11.5 Å². The van der Waals surface area contributed by atoms with Gasteiger partial charge in [0.2, 0.25) is 0 Å². The summed E-state index contributed by atoms with van der Waals surface area (Å²) in [7, 11) is 0. The summed E-state index contributed by atoms with van der Waals surface area (Å²) in [5, 5.41) is 9.18. The minimum Gasteiger partial charge on any atom is -0.489 e. The highest BCUT2D eigenvalue weighted by atomic mass is 32.2. The molecule has 0 aromatic heterocycles. The van der Waals surface area contributed by atoms with Crippen molar-refractivity contribution in [1.82, 2.24) is 0 Å². The molecule has 1 heterocycles. The Bertz CT molecular complexity index is 431. The van der Waals surface area contributed by atoms with Gasteiger partial charge in [-0.05, 0) is 17.9 Å². The summed E-state index contributed by atoms with van der Waals surface area (Å²) >= 11 is 1.59. The summed E-state index contributed by atoms with van der Waals surface area (Å²) in [5.74, 6) is 0.803. The second-order valence-electron chi connectivity index (χ2n) is 3.59. The van der Waals surface area contributed by atoms with Crippen LogP contribution in [-0.2, 0) is 0 Å². The molecule has 17 heavy (non-hydrogen) atoms. The molecule has 92 valence electrons. The summed E-state index contributed by atoms with van der Waals surface area (Å²) in [4.78, 5) is 12.1. The molecule has 0 saturated carbocycles. The van der Waals surface area contributed by atoms with E-state index in [1.54, 1.807) is 17.8 Å². The third-order valence-electron chi connectivity index (χ3n) is 2.36. The predicted molar refractivity (Wildman–Crippen MR) is 65.4 cm³/mol. The van der Waals surface area contributed by atoms with E-state index >= 15 is 0 Å². The molecule has 0 fully saturated rings. The topological polar surface area (TPSA) is 55.8 Å². The fourth-order valence-corrected chi connectivity index (χ4v) is 2.38. The van der Waals surface area contributed by atoms with Crippen molar-refractivity contribution in [3.63, 3.8) is 0 Å². The number of carboxylic acid groups (broad SMARTS) is 1. The van der Waals surface area contributed by atoms with Crippen LogP contribution in [0.15, 0.2) is 17.0 Å². The maximum Gasteiger partial charge on any atom is 0.339 e. The number of carboxylic acids is 1. The highest BCUT2D eigenvalue weighted by molar-refractivity contribution is 7.99. The number of ether oxygens (including phenoxy) is 2. The van der Waals surface area contributed by atoms with Crippen molar-refractivity contribution in [2.45, 2.75) is 18.2 Å². The second-order valence-corrected chi connectivity index (χ2v) is 4.92. The van der Waals surface area contributed by atoms with E-state index in [2.05, 4.69) is 0 Å². The lowest BCUT2D eigenvalue weighted by Gasteiger charge is -2.12. The Morgan fingerprint density at radius 2 is 2.18 bits per heavy atom. The zero-order valence-electron chi connectivity index (χ0n) is 9.56. The highest BCUT2D eigenvalue weighted by Gasteiger charge is 2.20. The van der Waals surface area contributed by atoms with Gasteiger partial charge in [0, 0.05) is 11.3 Å². The van der Waals surface area contributed by atoms with Crippen LogP contribution in [0.1, 0.15) is 23.7 Å². The van der Waals surface area contributed by atoms with Crippen molar-refractivity contribution in [2.24, 2.45) is 0 Å². The monoisotopic (exact) mass is 254 g/mol. The minimum absolute atomic E-state index is 0.181. The van der Waals surface area contributed by atoms with Gasteiger partial charge < -0.3 is 14.6 Å².